The number of alkyl carbamates (subject to hydrolysis) is 1. The summed E-state index contributed by atoms with van der Waals surface area (Å²) >= 11 is 0. The Morgan fingerprint density at radius 1 is 0.960 bits per heavy atom. The van der Waals surface area contributed by atoms with Crippen LogP contribution in [-0.4, -0.2) is 30.8 Å². The number of halogens is 5. The summed E-state index contributed by atoms with van der Waals surface area (Å²) in [5, 5.41) is 1.97. The monoisotopic (exact) mass is 369 g/mol. The molecule has 5 nitrogen and oxygen atoms in total. The molecule has 0 aliphatic rings. The predicted octanol–water partition coefficient (Wildman–Crippen LogP) is 2.99. The molecule has 1 N–H and O–H groups in total. The molecule has 1 amide bonds. The summed E-state index contributed by atoms with van der Waals surface area (Å²) in [6.45, 7) is 4.55. The van der Waals surface area contributed by atoms with Crippen molar-refractivity contribution in [1.29, 1.82) is 0 Å². The molecule has 0 aromatic heterocycles. The number of hydrogen-bond donors (Lipinski definition) is 1. The standard InChI is InChI=1S/C15H16F5NO4/c1-15(2,3)25-14(23)21-7(13(22)24-4)5-6-8(16)10(18)12(20)11(19)9(6)17/h7H,5H2,1-4H3,(H,21,23). The van der Waals surface area contributed by atoms with Gasteiger partial charge in [0.05, 0.1) is 7.11 Å². The van der Waals surface area contributed by atoms with Gasteiger partial charge in [0.1, 0.15) is 11.6 Å². The molecule has 0 fully saturated rings. The molecule has 0 bridgehead atoms. The second-order valence-electron chi connectivity index (χ2n) is 5.97. The first-order chi connectivity index (χ1) is 11.4. The van der Waals surface area contributed by atoms with Gasteiger partial charge in [-0.15, -0.1) is 0 Å². The summed E-state index contributed by atoms with van der Waals surface area (Å²) in [6, 6.07) is -1.73. The average molecular weight is 369 g/mol. The van der Waals surface area contributed by atoms with Gasteiger partial charge in [-0.25, -0.2) is 31.5 Å². The Hall–Kier alpha value is -2.39. The van der Waals surface area contributed by atoms with Crippen molar-refractivity contribution in [1.82, 2.24) is 5.32 Å². The molecule has 1 atom stereocenters. The fourth-order valence-corrected chi connectivity index (χ4v) is 1.82. The summed E-state index contributed by atoms with van der Waals surface area (Å²) in [5.74, 6) is -12.0. The zero-order valence-corrected chi connectivity index (χ0v) is 13.8. The van der Waals surface area contributed by atoms with Crippen molar-refractivity contribution in [3.05, 3.63) is 34.6 Å². The highest BCUT2D eigenvalue weighted by Gasteiger charge is 2.31. The van der Waals surface area contributed by atoms with E-state index in [9.17, 15) is 31.5 Å². The molecule has 1 unspecified atom stereocenters. The summed E-state index contributed by atoms with van der Waals surface area (Å²) < 4.78 is 76.2. The molecule has 10 heteroatoms. The summed E-state index contributed by atoms with van der Waals surface area (Å²) in [7, 11) is 0.921. The van der Waals surface area contributed by atoms with Crippen LogP contribution in [0.5, 0.6) is 0 Å². The maximum atomic E-state index is 13.7. The van der Waals surface area contributed by atoms with Gasteiger partial charge in [0.25, 0.3) is 0 Å². The van der Waals surface area contributed by atoms with Crippen LogP contribution in [0.25, 0.3) is 0 Å². The summed E-state index contributed by atoms with van der Waals surface area (Å²) in [5.41, 5.74) is -2.21. The fraction of sp³-hybridized carbons (Fsp3) is 0.467. The number of amides is 1. The lowest BCUT2D eigenvalue weighted by molar-refractivity contribution is -0.143. The zero-order chi connectivity index (χ0) is 19.5. The summed E-state index contributed by atoms with van der Waals surface area (Å²) in [6.07, 6.45) is -2.16. The SMILES string of the molecule is COC(=O)C(Cc1c(F)c(F)c(F)c(F)c1F)NC(=O)OC(C)(C)C. The molecule has 25 heavy (non-hydrogen) atoms. The highest BCUT2D eigenvalue weighted by molar-refractivity contribution is 5.81. The Kier molecular flexibility index (Phi) is 6.33. The maximum absolute atomic E-state index is 13.7. The second kappa shape index (κ2) is 7.66. The highest BCUT2D eigenvalue weighted by Crippen LogP contribution is 2.24. The van der Waals surface area contributed by atoms with E-state index in [-0.39, 0.29) is 0 Å². The molecule has 1 rings (SSSR count). The molecule has 1 aromatic carbocycles. The lowest BCUT2D eigenvalue weighted by Gasteiger charge is -2.23. The first-order valence-corrected chi connectivity index (χ1v) is 6.96. The van der Waals surface area contributed by atoms with Crippen LogP contribution in [0, 0.1) is 29.1 Å². The number of hydrogen-bond acceptors (Lipinski definition) is 4. The van der Waals surface area contributed by atoms with Crippen LogP contribution in [-0.2, 0) is 20.7 Å². The van der Waals surface area contributed by atoms with Crippen molar-refractivity contribution >= 4 is 12.1 Å². The Labute approximate surface area is 140 Å². The number of carbonyl (C=O) groups is 2. The largest absolute Gasteiger partial charge is 0.467 e. The molecule has 140 valence electrons. The quantitative estimate of drug-likeness (QED) is 0.384. The van der Waals surface area contributed by atoms with Gasteiger partial charge < -0.3 is 14.8 Å². The molecule has 1 aromatic rings. The third-order valence-electron chi connectivity index (χ3n) is 2.89. The van der Waals surface area contributed by atoms with Crippen molar-refractivity contribution in [2.75, 3.05) is 7.11 Å². The fourth-order valence-electron chi connectivity index (χ4n) is 1.82. The van der Waals surface area contributed by atoms with Crippen molar-refractivity contribution in [2.45, 2.75) is 38.8 Å². The molecular weight excluding hydrogens is 353 g/mol. The molecule has 0 saturated heterocycles. The van der Waals surface area contributed by atoms with Crippen LogP contribution in [0.2, 0.25) is 0 Å². The van der Waals surface area contributed by atoms with Crippen LogP contribution >= 0.6 is 0 Å². The van der Waals surface area contributed by atoms with E-state index in [4.69, 9.17) is 4.74 Å². The molecule has 0 aliphatic heterocycles. The minimum Gasteiger partial charge on any atom is -0.467 e. The van der Waals surface area contributed by atoms with Gasteiger partial charge in [0, 0.05) is 12.0 Å². The predicted molar refractivity (Wildman–Crippen MR) is 75.1 cm³/mol. The normalized spacial score (nSPS) is 12.5. The van der Waals surface area contributed by atoms with Gasteiger partial charge >= 0.3 is 12.1 Å². The van der Waals surface area contributed by atoms with E-state index < -0.39 is 64.8 Å². The number of methoxy groups -OCH3 is 1. The Morgan fingerprint density at radius 3 is 1.80 bits per heavy atom. The molecule has 0 heterocycles. The number of esters is 1. The van der Waals surface area contributed by atoms with Gasteiger partial charge in [-0.3, -0.25) is 0 Å². The van der Waals surface area contributed by atoms with Gasteiger partial charge in [0.15, 0.2) is 23.3 Å². The molecule has 0 aliphatic carbocycles. The van der Waals surface area contributed by atoms with Gasteiger partial charge in [-0.05, 0) is 20.8 Å². The number of rotatable bonds is 4. The van der Waals surface area contributed by atoms with Crippen LogP contribution in [0.15, 0.2) is 0 Å². The van der Waals surface area contributed by atoms with E-state index >= 15 is 0 Å². The molecule has 0 radical (unpaired) electrons. The Bertz CT molecular complexity index is 658. The van der Waals surface area contributed by atoms with E-state index in [1.54, 1.807) is 0 Å². The third-order valence-corrected chi connectivity index (χ3v) is 2.89. The van der Waals surface area contributed by atoms with Crippen LogP contribution in [0.3, 0.4) is 0 Å². The number of carbonyl (C=O) groups excluding carboxylic acids is 2. The van der Waals surface area contributed by atoms with Gasteiger partial charge in [-0.2, -0.15) is 0 Å². The Balaban J connectivity index is 3.17. The third kappa shape index (κ3) is 5.04. The smallest absolute Gasteiger partial charge is 0.408 e. The van der Waals surface area contributed by atoms with E-state index in [1.165, 1.54) is 20.8 Å². The number of ether oxygens (including phenoxy) is 2. The van der Waals surface area contributed by atoms with Crippen molar-refractivity contribution < 1.29 is 41.0 Å². The molecule has 0 saturated carbocycles. The van der Waals surface area contributed by atoms with Crippen LogP contribution in [0.4, 0.5) is 26.7 Å². The topological polar surface area (TPSA) is 64.6 Å². The zero-order valence-electron chi connectivity index (χ0n) is 13.8. The van der Waals surface area contributed by atoms with Crippen molar-refractivity contribution in [2.24, 2.45) is 0 Å². The van der Waals surface area contributed by atoms with Crippen LogP contribution < -0.4 is 5.32 Å². The summed E-state index contributed by atoms with van der Waals surface area (Å²) in [4.78, 5) is 23.4. The number of benzene rings is 1. The first kappa shape index (κ1) is 20.7. The second-order valence-corrected chi connectivity index (χ2v) is 5.97. The maximum Gasteiger partial charge on any atom is 0.408 e. The van der Waals surface area contributed by atoms with Crippen molar-refractivity contribution in [3.63, 3.8) is 0 Å². The van der Waals surface area contributed by atoms with E-state index in [0.717, 1.165) is 7.11 Å². The molecular formula is C15H16F5NO4. The van der Waals surface area contributed by atoms with E-state index in [0.29, 0.717) is 0 Å². The van der Waals surface area contributed by atoms with E-state index in [1.807, 2.05) is 5.32 Å². The molecule has 0 spiro atoms. The van der Waals surface area contributed by atoms with Crippen molar-refractivity contribution in [3.8, 4) is 0 Å². The lowest BCUT2D eigenvalue weighted by Crippen LogP contribution is -2.45. The minimum absolute atomic E-state index is 0.921. The average Bonchev–Trinajstić information content (AvgIpc) is 2.51. The highest BCUT2D eigenvalue weighted by atomic mass is 19.2. The minimum atomic E-state index is -2.33. The van der Waals surface area contributed by atoms with E-state index in [2.05, 4.69) is 4.74 Å². The van der Waals surface area contributed by atoms with Gasteiger partial charge in [0.2, 0.25) is 5.82 Å². The van der Waals surface area contributed by atoms with Gasteiger partial charge in [-0.1, -0.05) is 0 Å². The number of nitrogens with one attached hydrogen (secondary N) is 1. The Morgan fingerprint density at radius 2 is 1.40 bits per heavy atom. The lowest BCUT2D eigenvalue weighted by atomic mass is 10.0. The van der Waals surface area contributed by atoms with Crippen LogP contribution in [0.1, 0.15) is 26.3 Å². The first-order valence-electron chi connectivity index (χ1n) is 6.96.